The summed E-state index contributed by atoms with van der Waals surface area (Å²) in [4.78, 5) is 2.59. The van der Waals surface area contributed by atoms with Crippen LogP contribution in [0.5, 0.6) is 0 Å². The molecule has 2 aliphatic rings. The Morgan fingerprint density at radius 3 is 2.14 bits per heavy atom. The Morgan fingerprint density at radius 2 is 1.59 bits per heavy atom. The Kier molecular flexibility index (Phi) is 9.85. The first-order valence-corrected chi connectivity index (χ1v) is 17.4. The van der Waals surface area contributed by atoms with Gasteiger partial charge in [0, 0.05) is 12.6 Å². The van der Waals surface area contributed by atoms with E-state index in [2.05, 4.69) is 35.6 Å². The van der Waals surface area contributed by atoms with Crippen molar-refractivity contribution in [2.24, 2.45) is 5.92 Å². The molecule has 2 aromatic heterocycles. The predicted octanol–water partition coefficient (Wildman–Crippen LogP) is 4.09. The van der Waals surface area contributed by atoms with Crippen LogP contribution in [0.2, 0.25) is 0 Å². The van der Waals surface area contributed by atoms with Crippen LogP contribution in [-0.4, -0.2) is 78.7 Å². The summed E-state index contributed by atoms with van der Waals surface area (Å²) in [6.45, 7) is 2.96. The van der Waals surface area contributed by atoms with Crippen molar-refractivity contribution in [1.29, 1.82) is 0 Å². The molecule has 7 heteroatoms. The molecule has 1 N–H and O–H groups in total. The van der Waals surface area contributed by atoms with Gasteiger partial charge in [0.1, 0.15) is 0 Å². The Labute approximate surface area is 190 Å². The van der Waals surface area contributed by atoms with E-state index >= 15 is 0 Å². The maximum atomic E-state index is 9.20. The van der Waals surface area contributed by atoms with Gasteiger partial charge < -0.3 is 10.0 Å². The number of furan rings is 2. The van der Waals surface area contributed by atoms with Crippen LogP contribution in [0, 0.1) is 5.92 Å². The Bertz CT molecular complexity index is 684. The van der Waals surface area contributed by atoms with E-state index in [0.717, 1.165) is 42.7 Å². The van der Waals surface area contributed by atoms with Gasteiger partial charge in [0.25, 0.3) is 0 Å². The molecule has 0 bridgehead atoms. The molecule has 2 saturated heterocycles. The number of aliphatic hydroxyl groups is 1. The minimum absolute atomic E-state index is 0.404. The summed E-state index contributed by atoms with van der Waals surface area (Å²) < 4.78 is 9.61. The van der Waals surface area contributed by atoms with Gasteiger partial charge in [-0.2, -0.15) is 0 Å². The van der Waals surface area contributed by atoms with Crippen molar-refractivity contribution in [1.82, 2.24) is 4.90 Å². The van der Waals surface area contributed by atoms with Crippen LogP contribution < -0.4 is 0 Å². The molecule has 0 amide bonds. The summed E-state index contributed by atoms with van der Waals surface area (Å²) in [5.41, 5.74) is 0. The summed E-state index contributed by atoms with van der Waals surface area (Å²) in [5.74, 6) is 2.72. The number of nitrogens with zero attached hydrogens (tertiary/aromatic N) is 1. The van der Waals surface area contributed by atoms with Gasteiger partial charge in [-0.1, -0.05) is 6.42 Å². The van der Waals surface area contributed by atoms with Crippen molar-refractivity contribution in [2.45, 2.75) is 51.0 Å². The fraction of sp³-hybridized carbons (Fsp3) is 0.636. The van der Waals surface area contributed by atoms with Gasteiger partial charge in [0.2, 0.25) is 0 Å². The van der Waals surface area contributed by atoms with Crippen LogP contribution in [0.1, 0.15) is 43.6 Å². The van der Waals surface area contributed by atoms with E-state index in [9.17, 15) is 5.11 Å². The van der Waals surface area contributed by atoms with Gasteiger partial charge in [0.05, 0.1) is 0 Å². The third kappa shape index (κ3) is 7.85. The molecule has 0 saturated carbocycles. The topological polar surface area (TPSA) is 49.8 Å². The minimum atomic E-state index is -1.09. The second-order valence-electron chi connectivity index (χ2n) is 8.10. The van der Waals surface area contributed by atoms with E-state index < -0.39 is 4.20 Å². The van der Waals surface area contributed by atoms with E-state index in [1.807, 2.05) is 24.3 Å². The zero-order valence-corrected chi connectivity index (χ0v) is 21.4. The van der Waals surface area contributed by atoms with Crippen LogP contribution in [-0.2, 0) is 12.8 Å². The van der Waals surface area contributed by atoms with E-state index in [0.29, 0.717) is 12.5 Å². The van der Waals surface area contributed by atoms with Crippen molar-refractivity contribution in [2.75, 3.05) is 32.0 Å². The first kappa shape index (κ1) is 23.6. The molecule has 4 rings (SSSR count). The summed E-state index contributed by atoms with van der Waals surface area (Å²) in [6, 6.07) is 8.67. The van der Waals surface area contributed by atoms with Crippen LogP contribution in [0.15, 0.2) is 45.6 Å². The molecular formula is C22H33NO3PSe2. The number of hydrogen-bond donors (Lipinski definition) is 1. The van der Waals surface area contributed by atoms with E-state index in [1.165, 1.54) is 45.2 Å². The molecule has 0 aromatic carbocycles. The predicted molar refractivity (Wildman–Crippen MR) is 122 cm³/mol. The fourth-order valence-corrected chi connectivity index (χ4v) is 8.02. The number of fused-ring (bicyclic) bond motifs is 1. The van der Waals surface area contributed by atoms with Gasteiger partial charge in [-0.3, -0.25) is 0 Å². The first-order valence-electron chi connectivity index (χ1n) is 10.8. The second kappa shape index (κ2) is 12.1. The summed E-state index contributed by atoms with van der Waals surface area (Å²) >= 11 is 6.70. The molecule has 4 heterocycles. The van der Waals surface area contributed by atoms with E-state index in [1.54, 1.807) is 12.5 Å². The first-order chi connectivity index (χ1) is 14.1. The molecule has 0 spiro atoms. The van der Waals surface area contributed by atoms with Gasteiger partial charge >= 0.3 is 117 Å². The molecule has 4 nitrogen and oxygen atoms in total. The molecule has 1 radical (unpaired) electrons. The van der Waals surface area contributed by atoms with Gasteiger partial charge in [-0.05, 0) is 44.7 Å². The second-order valence-corrected chi connectivity index (χ2v) is 22.9. The van der Waals surface area contributed by atoms with E-state index in [4.69, 9.17) is 8.83 Å². The zero-order chi connectivity index (χ0) is 20.5. The Morgan fingerprint density at radius 1 is 0.966 bits per heavy atom. The number of hydrogen-bond acceptors (Lipinski definition) is 4. The molecular weight excluding hydrogens is 515 g/mol. The molecule has 0 aliphatic carbocycles. The molecule has 0 unspecified atom stereocenters. The summed E-state index contributed by atoms with van der Waals surface area (Å²) in [6.07, 6.45) is 14.4. The third-order valence-electron chi connectivity index (χ3n) is 6.02. The fourth-order valence-electron chi connectivity index (χ4n) is 4.37. The van der Waals surface area contributed by atoms with Crippen LogP contribution in [0.25, 0.3) is 0 Å². The molecule has 161 valence electrons. The maximum absolute atomic E-state index is 9.20. The molecule has 2 fully saturated rings. The number of rotatable bonds is 7. The quantitative estimate of drug-likeness (QED) is 0.419. The number of aliphatic hydroxyl groups excluding tert-OH is 1. The zero-order valence-electron chi connectivity index (χ0n) is 17.1. The van der Waals surface area contributed by atoms with Gasteiger partial charge in [-0.15, -0.1) is 0 Å². The Hall–Kier alpha value is -0.0510. The van der Waals surface area contributed by atoms with E-state index in [-0.39, 0.29) is 0 Å². The average molecular weight is 548 g/mol. The van der Waals surface area contributed by atoms with Gasteiger partial charge in [0.15, 0.2) is 0 Å². The molecule has 2 atom stereocenters. The van der Waals surface area contributed by atoms with Crippen molar-refractivity contribution in [3.63, 3.8) is 0 Å². The van der Waals surface area contributed by atoms with Gasteiger partial charge in [-0.25, -0.2) is 0 Å². The number of aryl methyl sites for hydroxylation is 2. The molecule has 29 heavy (non-hydrogen) atoms. The van der Waals surface area contributed by atoms with Crippen molar-refractivity contribution < 1.29 is 13.9 Å². The van der Waals surface area contributed by atoms with Crippen LogP contribution >= 0.6 is 4.20 Å². The SMILES string of the molecule is OC[C@@H]1CCCN2CCCC[C@H]12.[Se]P(=[Se])(CCc1ccco1)CCc1ccco1. The Balaban J connectivity index is 0.000000176. The molecule has 2 aliphatic heterocycles. The number of piperidine rings is 2. The monoisotopic (exact) mass is 550 g/mol. The standard InChI is InChI=1S/C12H14O2PSe2.C10H19NO/c16-15(17,9-5-11-3-1-7-13-11)10-6-12-4-2-8-14-12;12-8-9-4-3-7-11-6-2-1-5-10(9)11/h1-4,7-8H,5-6,9-10H2;9-10,12H,1-8H2/t;9-,10+/m.0/s1. The van der Waals surface area contributed by atoms with Crippen molar-refractivity contribution in [3.05, 3.63) is 48.3 Å². The van der Waals surface area contributed by atoms with Crippen molar-refractivity contribution in [3.8, 4) is 0 Å². The normalized spacial score (nSPS) is 22.6. The molecule has 2 aromatic rings. The third-order valence-corrected chi connectivity index (χ3v) is 12.4. The van der Waals surface area contributed by atoms with Crippen molar-refractivity contribution >= 4 is 34.9 Å². The summed E-state index contributed by atoms with van der Waals surface area (Å²) in [7, 11) is 0. The van der Waals surface area contributed by atoms with Crippen LogP contribution in [0.4, 0.5) is 0 Å². The average Bonchev–Trinajstić information content (AvgIpc) is 3.45. The van der Waals surface area contributed by atoms with Crippen LogP contribution in [0.3, 0.4) is 0 Å². The summed E-state index contributed by atoms with van der Waals surface area (Å²) in [5, 5.41) is 9.20.